The number of amidine groups is 1. The van der Waals surface area contributed by atoms with Crippen LogP contribution in [0.3, 0.4) is 0 Å². The minimum atomic E-state index is -1.11. The van der Waals surface area contributed by atoms with Gasteiger partial charge >= 0.3 is 5.97 Å². The summed E-state index contributed by atoms with van der Waals surface area (Å²) < 4.78 is 13.5. The van der Waals surface area contributed by atoms with Crippen LogP contribution in [0.25, 0.3) is 0 Å². The average molecular weight is 414 g/mol. The average Bonchev–Trinajstić information content (AvgIpc) is 2.96. The van der Waals surface area contributed by atoms with Crippen LogP contribution >= 0.6 is 11.8 Å². The van der Waals surface area contributed by atoms with Crippen LogP contribution in [0, 0.1) is 5.82 Å². The quantitative estimate of drug-likeness (QED) is 0.334. The van der Waals surface area contributed by atoms with Gasteiger partial charge in [0.2, 0.25) is 11.8 Å². The Morgan fingerprint density at radius 3 is 2.55 bits per heavy atom. The summed E-state index contributed by atoms with van der Waals surface area (Å²) in [4.78, 5) is 36.7. The summed E-state index contributed by atoms with van der Waals surface area (Å²) >= 11 is 0.879. The maximum absolute atomic E-state index is 13.5. The number of hydrogen-bond donors (Lipinski definition) is 2. The van der Waals surface area contributed by atoms with Crippen molar-refractivity contribution in [1.82, 2.24) is 0 Å². The molecule has 10 heteroatoms. The van der Waals surface area contributed by atoms with E-state index in [1.54, 1.807) is 12.1 Å². The van der Waals surface area contributed by atoms with E-state index in [1.165, 1.54) is 42.6 Å². The molecule has 148 valence electrons. The third-order valence-electron chi connectivity index (χ3n) is 4.00. The Kier molecular flexibility index (Phi) is 6.03. The molecule has 1 atom stereocenters. The number of rotatable bonds is 5. The number of nitrogens with two attached hydrogens (primary N) is 1. The molecule has 2 aromatic rings. The summed E-state index contributed by atoms with van der Waals surface area (Å²) in [5.41, 5.74) is 6.32. The maximum Gasteiger partial charge on any atom is 0.335 e. The van der Waals surface area contributed by atoms with Gasteiger partial charge in [0.05, 0.1) is 17.5 Å². The minimum absolute atomic E-state index is 0.0443. The first-order chi connectivity index (χ1) is 13.9. The molecule has 1 aliphatic heterocycles. The van der Waals surface area contributed by atoms with E-state index in [9.17, 15) is 18.8 Å². The van der Waals surface area contributed by atoms with Crippen molar-refractivity contribution in [3.8, 4) is 0 Å². The Hall–Kier alpha value is -3.53. The number of benzene rings is 2. The first-order valence-electron chi connectivity index (χ1n) is 8.34. The monoisotopic (exact) mass is 414 g/mol. The molecule has 8 nitrogen and oxygen atoms in total. The predicted molar refractivity (Wildman–Crippen MR) is 108 cm³/mol. The third kappa shape index (κ3) is 4.66. The summed E-state index contributed by atoms with van der Waals surface area (Å²) in [6, 6.07) is 11.4. The normalized spacial score (nSPS) is 17.3. The summed E-state index contributed by atoms with van der Waals surface area (Å²) in [6.45, 7) is 0. The smallest absolute Gasteiger partial charge is 0.335 e. The molecule has 0 spiro atoms. The summed E-state index contributed by atoms with van der Waals surface area (Å²) in [5, 5.41) is 15.5. The summed E-state index contributed by atoms with van der Waals surface area (Å²) in [7, 11) is 0. The SMILES string of the molecule is NC(=N/N=C\c1ccccc1F)S[C@@H]1CC(=O)N(c2ccc(C(=O)O)cc2)C1=O. The molecule has 1 saturated heterocycles. The second-order valence-electron chi connectivity index (χ2n) is 5.93. The molecule has 0 bridgehead atoms. The topological polar surface area (TPSA) is 125 Å². The van der Waals surface area contributed by atoms with E-state index in [0.29, 0.717) is 0 Å². The highest BCUT2D eigenvalue weighted by atomic mass is 32.2. The highest BCUT2D eigenvalue weighted by Crippen LogP contribution is 2.29. The molecule has 0 saturated carbocycles. The molecule has 0 aromatic heterocycles. The molecule has 0 radical (unpaired) electrons. The number of carbonyl (C=O) groups is 3. The number of carboxylic acids is 1. The molecule has 0 aliphatic carbocycles. The van der Waals surface area contributed by atoms with E-state index < -0.39 is 28.9 Å². The van der Waals surface area contributed by atoms with E-state index in [2.05, 4.69) is 10.2 Å². The predicted octanol–water partition coefficient (Wildman–Crippen LogP) is 2.24. The van der Waals surface area contributed by atoms with Crippen LogP contribution in [-0.4, -0.2) is 39.5 Å². The zero-order valence-corrected chi connectivity index (χ0v) is 15.7. The van der Waals surface area contributed by atoms with Crippen molar-refractivity contribution in [3.05, 3.63) is 65.5 Å². The number of aromatic carboxylic acids is 1. The molecule has 2 aromatic carbocycles. The highest BCUT2D eigenvalue weighted by Gasteiger charge is 2.40. The van der Waals surface area contributed by atoms with E-state index in [1.807, 2.05) is 0 Å². The largest absolute Gasteiger partial charge is 0.478 e. The van der Waals surface area contributed by atoms with Crippen molar-refractivity contribution in [2.45, 2.75) is 11.7 Å². The van der Waals surface area contributed by atoms with Gasteiger partial charge in [0.1, 0.15) is 11.1 Å². The third-order valence-corrected chi connectivity index (χ3v) is 4.97. The number of imide groups is 1. The van der Waals surface area contributed by atoms with Crippen LogP contribution in [0.2, 0.25) is 0 Å². The van der Waals surface area contributed by atoms with Gasteiger partial charge in [0, 0.05) is 12.0 Å². The zero-order chi connectivity index (χ0) is 21.0. The lowest BCUT2D eigenvalue weighted by Crippen LogP contribution is -2.31. The van der Waals surface area contributed by atoms with E-state index >= 15 is 0 Å². The van der Waals surface area contributed by atoms with Crippen molar-refractivity contribution in [3.63, 3.8) is 0 Å². The molecular formula is C19H15FN4O4S. The van der Waals surface area contributed by atoms with Gasteiger partial charge < -0.3 is 10.8 Å². The van der Waals surface area contributed by atoms with Gasteiger partial charge in [-0.05, 0) is 30.3 Å². The van der Waals surface area contributed by atoms with E-state index in [4.69, 9.17) is 10.8 Å². The lowest BCUT2D eigenvalue weighted by molar-refractivity contribution is -0.121. The number of anilines is 1. The van der Waals surface area contributed by atoms with Crippen LogP contribution in [-0.2, 0) is 9.59 Å². The van der Waals surface area contributed by atoms with Crippen LogP contribution in [0.4, 0.5) is 10.1 Å². The Bertz CT molecular complexity index is 1020. The first kappa shape index (κ1) is 20.2. The number of carboxylic acid groups (broad SMARTS) is 1. The van der Waals surface area contributed by atoms with Crippen LogP contribution in [0.5, 0.6) is 0 Å². The van der Waals surface area contributed by atoms with Gasteiger partial charge in [0.15, 0.2) is 5.17 Å². The lowest BCUT2D eigenvalue weighted by Gasteiger charge is -2.14. The van der Waals surface area contributed by atoms with Crippen molar-refractivity contribution in [2.24, 2.45) is 15.9 Å². The second-order valence-corrected chi connectivity index (χ2v) is 7.16. The van der Waals surface area contributed by atoms with Crippen molar-refractivity contribution in [1.29, 1.82) is 0 Å². The summed E-state index contributed by atoms with van der Waals surface area (Å²) in [5.74, 6) is -2.49. The molecule has 3 N–H and O–H groups in total. The molecule has 1 heterocycles. The molecule has 1 fully saturated rings. The number of carbonyl (C=O) groups excluding carboxylic acids is 2. The van der Waals surface area contributed by atoms with Gasteiger partial charge in [0.25, 0.3) is 0 Å². The molecule has 3 rings (SSSR count). The van der Waals surface area contributed by atoms with Gasteiger partial charge in [-0.1, -0.05) is 30.0 Å². The number of nitrogens with zero attached hydrogens (tertiary/aromatic N) is 3. The van der Waals surface area contributed by atoms with Crippen molar-refractivity contribution >= 4 is 46.6 Å². The lowest BCUT2D eigenvalue weighted by atomic mass is 10.2. The molecule has 0 unspecified atom stereocenters. The van der Waals surface area contributed by atoms with Crippen LogP contribution < -0.4 is 10.6 Å². The van der Waals surface area contributed by atoms with Crippen molar-refractivity contribution < 1.29 is 23.9 Å². The second kappa shape index (κ2) is 8.65. The number of halogens is 1. The van der Waals surface area contributed by atoms with E-state index in [0.717, 1.165) is 16.7 Å². The fourth-order valence-electron chi connectivity index (χ4n) is 2.62. The Balaban J connectivity index is 1.67. The molecule has 1 aliphatic rings. The number of amides is 2. The van der Waals surface area contributed by atoms with Crippen LogP contribution in [0.15, 0.2) is 58.7 Å². The molecular weight excluding hydrogens is 399 g/mol. The van der Waals surface area contributed by atoms with Gasteiger partial charge in [-0.3, -0.25) is 9.59 Å². The number of hydrogen-bond acceptors (Lipinski definition) is 6. The maximum atomic E-state index is 13.5. The van der Waals surface area contributed by atoms with Gasteiger partial charge in [-0.2, -0.15) is 5.10 Å². The van der Waals surface area contributed by atoms with Gasteiger partial charge in [-0.25, -0.2) is 14.1 Å². The fourth-order valence-corrected chi connectivity index (χ4v) is 3.44. The Labute approximate surface area is 168 Å². The number of thioether (sulfide) groups is 1. The summed E-state index contributed by atoms with van der Waals surface area (Å²) in [6.07, 6.45) is 1.11. The highest BCUT2D eigenvalue weighted by molar-refractivity contribution is 8.14. The van der Waals surface area contributed by atoms with Gasteiger partial charge in [-0.15, -0.1) is 5.10 Å². The van der Waals surface area contributed by atoms with Crippen molar-refractivity contribution in [2.75, 3.05) is 4.90 Å². The fraction of sp³-hybridized carbons (Fsp3) is 0.105. The Morgan fingerprint density at radius 1 is 1.21 bits per heavy atom. The Morgan fingerprint density at radius 2 is 1.90 bits per heavy atom. The van der Waals surface area contributed by atoms with Crippen LogP contribution in [0.1, 0.15) is 22.3 Å². The van der Waals surface area contributed by atoms with E-state index in [-0.39, 0.29) is 28.4 Å². The first-order valence-corrected chi connectivity index (χ1v) is 9.22. The molecule has 2 amide bonds. The zero-order valence-electron chi connectivity index (χ0n) is 14.9. The minimum Gasteiger partial charge on any atom is -0.478 e. The molecule has 29 heavy (non-hydrogen) atoms. The standard InChI is InChI=1S/C19H15FN4O4S/c20-14-4-2-1-3-12(14)10-22-23-19(21)29-15-9-16(25)24(17(15)26)13-7-5-11(6-8-13)18(27)28/h1-8,10,15H,9H2,(H2,21,23)(H,27,28)/b22-10-/t15-/m1/s1.